The third-order valence-electron chi connectivity index (χ3n) is 1.97. The lowest BCUT2D eigenvalue weighted by Gasteiger charge is -2.08. The van der Waals surface area contributed by atoms with Crippen LogP contribution < -0.4 is 0 Å². The number of pyridine rings is 1. The molecule has 0 radical (unpaired) electrons. The molecule has 1 heterocycles. The highest BCUT2D eigenvalue weighted by atomic mass is 35.5. The number of carbonyl (C=O) groups is 1. The van der Waals surface area contributed by atoms with Gasteiger partial charge in [-0.2, -0.15) is 0 Å². The quantitative estimate of drug-likeness (QED) is 0.743. The van der Waals surface area contributed by atoms with Crippen LogP contribution in [0.15, 0.2) is 12.3 Å². The van der Waals surface area contributed by atoms with Crippen molar-refractivity contribution < 1.29 is 9.53 Å². The van der Waals surface area contributed by atoms with Gasteiger partial charge in [0.2, 0.25) is 0 Å². The third-order valence-corrected chi connectivity index (χ3v) is 2.32. The number of hydrogen-bond donors (Lipinski definition) is 0. The summed E-state index contributed by atoms with van der Waals surface area (Å²) in [6, 6.07) is 1.69. The zero-order valence-corrected chi connectivity index (χ0v) is 9.67. The maximum atomic E-state index is 11.5. The van der Waals surface area contributed by atoms with Gasteiger partial charge in [-0.05, 0) is 19.4 Å². The van der Waals surface area contributed by atoms with E-state index in [9.17, 15) is 4.79 Å². The molecule has 3 nitrogen and oxygen atoms in total. The van der Waals surface area contributed by atoms with Crippen LogP contribution in [0, 0.1) is 0 Å². The summed E-state index contributed by atoms with van der Waals surface area (Å²) in [5.41, 5.74) is 1.12. The van der Waals surface area contributed by atoms with Gasteiger partial charge in [0, 0.05) is 16.8 Å². The van der Waals surface area contributed by atoms with Crippen LogP contribution in [0.3, 0.4) is 0 Å². The molecule has 0 saturated heterocycles. The molecule has 1 aromatic rings. The van der Waals surface area contributed by atoms with Crippen molar-refractivity contribution in [3.8, 4) is 0 Å². The Morgan fingerprint density at radius 1 is 1.53 bits per heavy atom. The number of rotatable bonds is 4. The van der Waals surface area contributed by atoms with Crippen molar-refractivity contribution in [1.82, 2.24) is 4.98 Å². The molecule has 0 aliphatic heterocycles. The molecular formula is C11H14ClNO2. The van der Waals surface area contributed by atoms with Gasteiger partial charge in [-0.1, -0.05) is 24.9 Å². The van der Waals surface area contributed by atoms with E-state index in [4.69, 9.17) is 16.3 Å². The summed E-state index contributed by atoms with van der Waals surface area (Å²) in [7, 11) is 0. The first-order valence-electron chi connectivity index (χ1n) is 5.01. The fourth-order valence-electron chi connectivity index (χ4n) is 1.33. The van der Waals surface area contributed by atoms with Crippen molar-refractivity contribution in [2.45, 2.75) is 26.7 Å². The molecule has 0 N–H and O–H groups in total. The van der Waals surface area contributed by atoms with Crippen LogP contribution in [0.2, 0.25) is 5.02 Å². The number of hydrogen-bond acceptors (Lipinski definition) is 3. The van der Waals surface area contributed by atoms with Crippen LogP contribution in [0.1, 0.15) is 36.3 Å². The van der Waals surface area contributed by atoms with Gasteiger partial charge >= 0.3 is 5.97 Å². The maximum Gasteiger partial charge on any atom is 0.357 e. The van der Waals surface area contributed by atoms with E-state index < -0.39 is 5.97 Å². The predicted molar refractivity (Wildman–Crippen MR) is 59.2 cm³/mol. The van der Waals surface area contributed by atoms with E-state index in [-0.39, 0.29) is 0 Å². The van der Waals surface area contributed by atoms with Crippen molar-refractivity contribution >= 4 is 17.6 Å². The van der Waals surface area contributed by atoms with Gasteiger partial charge in [0.25, 0.3) is 0 Å². The second kappa shape index (κ2) is 5.71. The van der Waals surface area contributed by atoms with Crippen LogP contribution in [-0.2, 0) is 11.2 Å². The van der Waals surface area contributed by atoms with Crippen LogP contribution in [0.4, 0.5) is 0 Å². The molecule has 1 aromatic heterocycles. The Kier molecular flexibility index (Phi) is 4.56. The average Bonchev–Trinajstić information content (AvgIpc) is 2.21. The van der Waals surface area contributed by atoms with Crippen molar-refractivity contribution in [1.29, 1.82) is 0 Å². The molecule has 1 rings (SSSR count). The highest BCUT2D eigenvalue weighted by molar-refractivity contribution is 6.31. The van der Waals surface area contributed by atoms with Crippen LogP contribution in [0.25, 0.3) is 0 Å². The lowest BCUT2D eigenvalue weighted by atomic mass is 10.1. The average molecular weight is 228 g/mol. The number of nitrogens with zero attached hydrogens (tertiary/aromatic N) is 1. The predicted octanol–water partition coefficient (Wildman–Crippen LogP) is 2.86. The lowest BCUT2D eigenvalue weighted by Crippen LogP contribution is -2.10. The zero-order valence-electron chi connectivity index (χ0n) is 8.92. The first-order chi connectivity index (χ1) is 7.20. The molecule has 0 fully saturated rings. The van der Waals surface area contributed by atoms with Crippen molar-refractivity contribution in [2.24, 2.45) is 0 Å². The summed E-state index contributed by atoms with van der Waals surface area (Å²) in [6.45, 7) is 4.14. The molecule has 15 heavy (non-hydrogen) atoms. The molecule has 0 amide bonds. The molecule has 82 valence electrons. The summed E-state index contributed by atoms with van der Waals surface area (Å²) in [6.07, 6.45) is 3.17. The van der Waals surface area contributed by atoms with E-state index >= 15 is 0 Å². The Balaban J connectivity index is 3.04. The molecular weight excluding hydrogens is 214 g/mol. The largest absolute Gasteiger partial charge is 0.461 e. The number of carbonyl (C=O) groups excluding carboxylic acids is 1. The van der Waals surface area contributed by atoms with E-state index in [1.54, 1.807) is 13.0 Å². The number of aromatic nitrogens is 1. The van der Waals surface area contributed by atoms with Gasteiger partial charge < -0.3 is 4.74 Å². The summed E-state index contributed by atoms with van der Waals surface area (Å²) in [5.74, 6) is -0.400. The lowest BCUT2D eigenvalue weighted by molar-refractivity contribution is 0.0518. The minimum Gasteiger partial charge on any atom is -0.461 e. The van der Waals surface area contributed by atoms with E-state index in [1.807, 2.05) is 6.92 Å². The first-order valence-corrected chi connectivity index (χ1v) is 5.39. The van der Waals surface area contributed by atoms with Crippen molar-refractivity contribution in [3.05, 3.63) is 28.5 Å². The van der Waals surface area contributed by atoms with Gasteiger partial charge in [0.15, 0.2) is 5.69 Å². The van der Waals surface area contributed by atoms with Crippen LogP contribution in [0.5, 0.6) is 0 Å². The number of esters is 1. The van der Waals surface area contributed by atoms with Crippen LogP contribution in [-0.4, -0.2) is 17.6 Å². The second-order valence-electron chi connectivity index (χ2n) is 3.09. The summed E-state index contributed by atoms with van der Waals surface area (Å²) in [5, 5.41) is 0.579. The Bertz CT molecular complexity index is 352. The first kappa shape index (κ1) is 12.0. The van der Waals surface area contributed by atoms with Gasteiger partial charge in [-0.15, -0.1) is 0 Å². The monoisotopic (exact) mass is 227 g/mol. The summed E-state index contributed by atoms with van der Waals surface area (Å²) < 4.78 is 4.91. The Labute approximate surface area is 94.4 Å². The highest BCUT2D eigenvalue weighted by Gasteiger charge is 2.15. The zero-order chi connectivity index (χ0) is 11.3. The third kappa shape index (κ3) is 2.93. The van der Waals surface area contributed by atoms with E-state index in [2.05, 4.69) is 4.98 Å². The Morgan fingerprint density at radius 2 is 2.27 bits per heavy atom. The molecule has 0 aromatic carbocycles. The van der Waals surface area contributed by atoms with E-state index in [0.717, 1.165) is 18.4 Å². The molecule has 0 aliphatic rings. The van der Waals surface area contributed by atoms with Gasteiger partial charge in [0.1, 0.15) is 0 Å². The second-order valence-corrected chi connectivity index (χ2v) is 3.50. The Morgan fingerprint density at radius 3 is 2.87 bits per heavy atom. The van der Waals surface area contributed by atoms with Crippen molar-refractivity contribution in [3.63, 3.8) is 0 Å². The smallest absolute Gasteiger partial charge is 0.357 e. The minimum absolute atomic E-state index is 0.339. The minimum atomic E-state index is -0.400. The van der Waals surface area contributed by atoms with Crippen LogP contribution >= 0.6 is 11.6 Å². The summed E-state index contributed by atoms with van der Waals surface area (Å²) >= 11 is 6.00. The molecule has 0 bridgehead atoms. The normalized spacial score (nSPS) is 10.1. The standard InChI is InChI=1S/C11H14ClNO2/c1-3-5-8-9(12)6-7-13-10(8)11(14)15-4-2/h6-7H,3-5H2,1-2H3. The van der Waals surface area contributed by atoms with Crippen molar-refractivity contribution in [2.75, 3.05) is 6.61 Å². The Hall–Kier alpha value is -1.09. The fraction of sp³-hybridized carbons (Fsp3) is 0.455. The molecule has 0 atom stereocenters. The number of ether oxygens (including phenoxy) is 1. The highest BCUT2D eigenvalue weighted by Crippen LogP contribution is 2.20. The van der Waals surface area contributed by atoms with Gasteiger partial charge in [-0.25, -0.2) is 9.78 Å². The van der Waals surface area contributed by atoms with E-state index in [1.165, 1.54) is 6.20 Å². The van der Waals surface area contributed by atoms with Gasteiger partial charge in [-0.3, -0.25) is 0 Å². The SMILES string of the molecule is CCCc1c(Cl)ccnc1C(=O)OCC. The molecule has 0 spiro atoms. The molecule has 4 heteroatoms. The van der Waals surface area contributed by atoms with E-state index in [0.29, 0.717) is 17.3 Å². The fourth-order valence-corrected chi connectivity index (χ4v) is 1.57. The maximum absolute atomic E-state index is 11.5. The summed E-state index contributed by atoms with van der Waals surface area (Å²) in [4.78, 5) is 15.6. The number of halogens is 1. The van der Waals surface area contributed by atoms with Gasteiger partial charge in [0.05, 0.1) is 6.61 Å². The molecule has 0 aliphatic carbocycles. The molecule has 0 unspecified atom stereocenters. The topological polar surface area (TPSA) is 39.2 Å². The molecule has 0 saturated carbocycles.